The summed E-state index contributed by atoms with van der Waals surface area (Å²) in [6.45, 7) is 0. The average molecular weight is 445 g/mol. The van der Waals surface area contributed by atoms with E-state index in [0.717, 1.165) is 4.90 Å². The molecule has 0 radical (unpaired) electrons. The first-order valence-corrected chi connectivity index (χ1v) is 10.2. The monoisotopic (exact) mass is 444 g/mol. The van der Waals surface area contributed by atoms with Crippen LogP contribution in [0.2, 0.25) is 10.0 Å². The summed E-state index contributed by atoms with van der Waals surface area (Å²) < 4.78 is 5.24. The van der Waals surface area contributed by atoms with Crippen LogP contribution in [0.15, 0.2) is 65.7 Å². The molecule has 2 heterocycles. The Hall–Kier alpha value is -2.80. The first kappa shape index (κ1) is 19.5. The molecule has 1 aliphatic heterocycles. The van der Waals surface area contributed by atoms with E-state index in [9.17, 15) is 9.59 Å². The highest BCUT2D eigenvalue weighted by atomic mass is 35.5. The molecule has 1 aromatic heterocycles. The lowest BCUT2D eigenvalue weighted by molar-refractivity contribution is -0.120. The molecule has 8 heteroatoms. The highest BCUT2D eigenvalue weighted by Gasteiger charge is 2.40. The molecule has 3 aromatic rings. The van der Waals surface area contributed by atoms with Gasteiger partial charge in [-0.3, -0.25) is 9.59 Å². The van der Waals surface area contributed by atoms with Crippen molar-refractivity contribution >= 4 is 63.3 Å². The van der Waals surface area contributed by atoms with Crippen LogP contribution in [0.1, 0.15) is 4.88 Å². The lowest BCUT2D eigenvalue weighted by atomic mass is 10.2. The number of halogens is 2. The van der Waals surface area contributed by atoms with Gasteiger partial charge in [0.25, 0.3) is 11.8 Å². The Kier molecular flexibility index (Phi) is 5.32. The van der Waals surface area contributed by atoms with Gasteiger partial charge in [-0.1, -0.05) is 35.3 Å². The van der Waals surface area contributed by atoms with Crippen molar-refractivity contribution in [1.29, 1.82) is 0 Å². The largest absolute Gasteiger partial charge is 0.497 e. The summed E-state index contributed by atoms with van der Waals surface area (Å²) in [6, 6.07) is 15.4. The van der Waals surface area contributed by atoms with Gasteiger partial charge >= 0.3 is 0 Å². The van der Waals surface area contributed by atoms with Crippen LogP contribution in [0.25, 0.3) is 5.57 Å². The zero-order valence-electron chi connectivity index (χ0n) is 15.1. The van der Waals surface area contributed by atoms with E-state index in [0.29, 0.717) is 32.6 Å². The molecule has 146 valence electrons. The maximum absolute atomic E-state index is 13.3. The number of nitrogens with zero attached hydrogens (tertiary/aromatic N) is 1. The Labute approximate surface area is 181 Å². The molecule has 0 fully saturated rings. The van der Waals surface area contributed by atoms with Crippen LogP contribution < -0.4 is 15.0 Å². The third-order valence-electron chi connectivity index (χ3n) is 4.35. The molecule has 5 nitrogen and oxygen atoms in total. The number of imide groups is 1. The molecule has 0 spiro atoms. The Morgan fingerprint density at radius 1 is 0.966 bits per heavy atom. The second kappa shape index (κ2) is 7.91. The smallest absolute Gasteiger partial charge is 0.282 e. The number of amides is 2. The van der Waals surface area contributed by atoms with Gasteiger partial charge in [0.1, 0.15) is 11.4 Å². The zero-order valence-corrected chi connectivity index (χ0v) is 17.4. The third-order valence-corrected chi connectivity index (χ3v) is 5.98. The van der Waals surface area contributed by atoms with E-state index in [1.807, 2.05) is 11.4 Å². The molecule has 0 bridgehead atoms. The van der Waals surface area contributed by atoms with E-state index in [1.165, 1.54) is 17.4 Å². The minimum absolute atomic E-state index is 0.191. The summed E-state index contributed by atoms with van der Waals surface area (Å²) in [5, 5.41) is 5.55. The zero-order chi connectivity index (χ0) is 20.5. The number of rotatable bonds is 5. The first-order valence-electron chi connectivity index (χ1n) is 8.52. The van der Waals surface area contributed by atoms with Gasteiger partial charge in [-0.05, 0) is 41.8 Å². The Bertz CT molecular complexity index is 1140. The van der Waals surface area contributed by atoms with Crippen molar-refractivity contribution in [3.05, 3.63) is 80.6 Å². The minimum Gasteiger partial charge on any atom is -0.497 e. The molecular weight excluding hydrogens is 431 g/mol. The highest BCUT2D eigenvalue weighted by molar-refractivity contribution is 7.11. The van der Waals surface area contributed by atoms with Crippen molar-refractivity contribution < 1.29 is 14.3 Å². The van der Waals surface area contributed by atoms with E-state index in [2.05, 4.69) is 5.32 Å². The van der Waals surface area contributed by atoms with E-state index in [4.69, 9.17) is 27.9 Å². The van der Waals surface area contributed by atoms with Crippen molar-refractivity contribution in [3.8, 4) is 5.75 Å². The fourth-order valence-electron chi connectivity index (χ4n) is 3.00. The van der Waals surface area contributed by atoms with Gasteiger partial charge in [-0.2, -0.15) is 0 Å². The number of nitrogens with one attached hydrogen (secondary N) is 1. The number of thiophene rings is 1. The maximum Gasteiger partial charge on any atom is 0.282 e. The number of carbonyl (C=O) groups is 2. The number of benzene rings is 2. The maximum atomic E-state index is 13.3. The van der Waals surface area contributed by atoms with Gasteiger partial charge in [-0.25, -0.2) is 4.90 Å². The van der Waals surface area contributed by atoms with Gasteiger partial charge in [0.2, 0.25) is 0 Å². The van der Waals surface area contributed by atoms with Crippen molar-refractivity contribution in [2.45, 2.75) is 0 Å². The summed E-state index contributed by atoms with van der Waals surface area (Å²) in [5.41, 5.74) is 1.48. The van der Waals surface area contributed by atoms with Crippen LogP contribution in [0, 0.1) is 0 Å². The molecule has 0 saturated heterocycles. The molecule has 1 N–H and O–H groups in total. The number of methoxy groups -OCH3 is 1. The number of ether oxygens (including phenoxy) is 1. The number of hydrogen-bond acceptors (Lipinski definition) is 5. The summed E-state index contributed by atoms with van der Waals surface area (Å²) in [6.07, 6.45) is 0. The first-order chi connectivity index (χ1) is 14.0. The van der Waals surface area contributed by atoms with Gasteiger partial charge < -0.3 is 10.1 Å². The number of hydrogen-bond donors (Lipinski definition) is 1. The van der Waals surface area contributed by atoms with Crippen molar-refractivity contribution in [2.24, 2.45) is 0 Å². The lowest BCUT2D eigenvalue weighted by Gasteiger charge is -2.16. The van der Waals surface area contributed by atoms with E-state index >= 15 is 0 Å². The molecule has 0 unspecified atom stereocenters. The molecule has 0 saturated carbocycles. The molecule has 29 heavy (non-hydrogen) atoms. The van der Waals surface area contributed by atoms with Gasteiger partial charge in [-0.15, -0.1) is 11.3 Å². The third kappa shape index (κ3) is 3.62. The van der Waals surface area contributed by atoms with Crippen LogP contribution in [0.3, 0.4) is 0 Å². The normalized spacial score (nSPS) is 14.0. The van der Waals surface area contributed by atoms with Crippen LogP contribution in [-0.4, -0.2) is 18.9 Å². The fourth-order valence-corrected chi connectivity index (χ4v) is 4.06. The van der Waals surface area contributed by atoms with Crippen LogP contribution >= 0.6 is 34.5 Å². The van der Waals surface area contributed by atoms with Gasteiger partial charge in [0, 0.05) is 16.6 Å². The average Bonchev–Trinajstić information content (AvgIpc) is 3.31. The molecular formula is C21H14Cl2N2O3S. The van der Waals surface area contributed by atoms with E-state index in [1.54, 1.807) is 49.6 Å². The number of anilines is 2. The van der Waals surface area contributed by atoms with Crippen LogP contribution in [0.5, 0.6) is 5.75 Å². The van der Waals surface area contributed by atoms with E-state index in [-0.39, 0.29) is 10.7 Å². The topological polar surface area (TPSA) is 58.6 Å². The SMILES string of the molecule is COc1cccc(NC2=C(c3cccs3)C(=O)N(c3ccc(Cl)c(Cl)c3)C2=O)c1. The molecule has 0 atom stereocenters. The molecule has 2 aromatic carbocycles. The van der Waals surface area contributed by atoms with Crippen molar-refractivity contribution in [3.63, 3.8) is 0 Å². The predicted octanol–water partition coefficient (Wildman–Crippen LogP) is 5.46. The van der Waals surface area contributed by atoms with Crippen LogP contribution in [0.4, 0.5) is 11.4 Å². The summed E-state index contributed by atoms with van der Waals surface area (Å²) in [5.74, 6) is -0.271. The van der Waals surface area contributed by atoms with Crippen molar-refractivity contribution in [2.75, 3.05) is 17.3 Å². The van der Waals surface area contributed by atoms with Gasteiger partial charge in [0.15, 0.2) is 0 Å². The predicted molar refractivity (Wildman–Crippen MR) is 117 cm³/mol. The Morgan fingerprint density at radius 2 is 1.79 bits per heavy atom. The Morgan fingerprint density at radius 3 is 2.48 bits per heavy atom. The number of carbonyl (C=O) groups excluding carboxylic acids is 2. The van der Waals surface area contributed by atoms with Crippen LogP contribution in [-0.2, 0) is 9.59 Å². The second-order valence-electron chi connectivity index (χ2n) is 6.13. The lowest BCUT2D eigenvalue weighted by Crippen LogP contribution is -2.32. The Balaban J connectivity index is 1.79. The highest BCUT2D eigenvalue weighted by Crippen LogP contribution is 2.37. The molecule has 4 rings (SSSR count). The molecule has 0 aliphatic carbocycles. The summed E-state index contributed by atoms with van der Waals surface area (Å²) >= 11 is 13.5. The quantitative estimate of drug-likeness (QED) is 0.530. The fraction of sp³-hybridized carbons (Fsp3) is 0.0476. The minimum atomic E-state index is -0.473. The standard InChI is InChI=1S/C21H14Cl2N2O3S/c1-28-14-5-2-4-12(10-14)24-19-18(17-6-3-9-29-17)20(26)25(21(19)27)13-7-8-15(22)16(23)11-13/h2-11,24H,1H3. The second-order valence-corrected chi connectivity index (χ2v) is 7.89. The summed E-state index contributed by atoms with van der Waals surface area (Å²) in [7, 11) is 1.56. The molecule has 1 aliphatic rings. The van der Waals surface area contributed by atoms with Gasteiger partial charge in [0.05, 0.1) is 28.4 Å². The summed E-state index contributed by atoms with van der Waals surface area (Å²) in [4.78, 5) is 28.3. The van der Waals surface area contributed by atoms with E-state index < -0.39 is 11.8 Å². The van der Waals surface area contributed by atoms with Crippen molar-refractivity contribution in [1.82, 2.24) is 0 Å². The molecule has 2 amide bonds.